The molecule has 0 radical (unpaired) electrons. The van der Waals surface area contributed by atoms with Crippen LogP contribution in [0.5, 0.6) is 0 Å². The molecule has 3 heterocycles. The average molecular weight is 311 g/mol. The van der Waals surface area contributed by atoms with Gasteiger partial charge in [-0.3, -0.25) is 9.89 Å². The third kappa shape index (κ3) is 2.94. The molecular formula is C15H23ClN4O. The van der Waals surface area contributed by atoms with E-state index in [1.165, 1.54) is 12.8 Å². The van der Waals surface area contributed by atoms with Crippen LogP contribution in [-0.2, 0) is 0 Å². The number of H-pyrrole nitrogens is 1. The number of nitrogens with one attached hydrogen (secondary N) is 2. The summed E-state index contributed by atoms with van der Waals surface area (Å²) in [5.74, 6) is 2.25. The van der Waals surface area contributed by atoms with E-state index in [-0.39, 0.29) is 18.3 Å². The van der Waals surface area contributed by atoms with Gasteiger partial charge in [-0.1, -0.05) is 0 Å². The number of aromatic nitrogens is 2. The molecule has 1 aromatic rings. The highest BCUT2D eigenvalue weighted by Gasteiger charge is 2.33. The minimum atomic E-state index is 0. The van der Waals surface area contributed by atoms with Gasteiger partial charge in [0, 0.05) is 24.7 Å². The van der Waals surface area contributed by atoms with E-state index >= 15 is 0 Å². The van der Waals surface area contributed by atoms with Crippen molar-refractivity contribution in [2.45, 2.75) is 31.6 Å². The molecule has 1 amide bonds. The Kier molecular flexibility index (Phi) is 4.22. The lowest BCUT2D eigenvalue weighted by Gasteiger charge is -2.19. The van der Waals surface area contributed by atoms with Gasteiger partial charge in [0.15, 0.2) is 0 Å². The van der Waals surface area contributed by atoms with E-state index in [0.717, 1.165) is 56.6 Å². The smallest absolute Gasteiger partial charge is 0.274 e. The molecule has 2 aliphatic heterocycles. The molecule has 1 aliphatic carbocycles. The Morgan fingerprint density at radius 3 is 2.43 bits per heavy atom. The number of hydrogen-bond donors (Lipinski definition) is 2. The zero-order chi connectivity index (χ0) is 13.5. The molecule has 2 saturated heterocycles. The summed E-state index contributed by atoms with van der Waals surface area (Å²) in [5.41, 5.74) is 1.75. The third-order valence-corrected chi connectivity index (χ3v) is 5.14. The van der Waals surface area contributed by atoms with Crippen molar-refractivity contribution in [3.8, 4) is 0 Å². The summed E-state index contributed by atoms with van der Waals surface area (Å²) >= 11 is 0. The predicted octanol–water partition coefficient (Wildman–Crippen LogP) is 1.78. The standard InChI is InChI=1S/C15H22N4O.ClH/c20-15(14-7-13(17-18-14)10-1-2-10)19-5-3-11-8-16-9-12(11)4-6-19;/h7,10-12,16H,1-6,8-9H2,(H,17,18);1H/t11-,12+;. The zero-order valence-corrected chi connectivity index (χ0v) is 13.0. The number of nitrogens with zero attached hydrogens (tertiary/aromatic N) is 2. The lowest BCUT2D eigenvalue weighted by atomic mass is 9.92. The number of carbonyl (C=O) groups excluding carboxylic acids is 1. The highest BCUT2D eigenvalue weighted by atomic mass is 35.5. The Balaban J connectivity index is 0.00000132. The van der Waals surface area contributed by atoms with Gasteiger partial charge in [-0.2, -0.15) is 5.10 Å². The van der Waals surface area contributed by atoms with Crippen LogP contribution in [0.25, 0.3) is 0 Å². The Morgan fingerprint density at radius 2 is 1.81 bits per heavy atom. The fourth-order valence-corrected chi connectivity index (χ4v) is 3.63. The van der Waals surface area contributed by atoms with Crippen LogP contribution in [0.15, 0.2) is 6.07 Å². The quantitative estimate of drug-likeness (QED) is 0.875. The normalized spacial score (nSPS) is 28.7. The van der Waals surface area contributed by atoms with E-state index in [1.807, 2.05) is 11.0 Å². The number of carbonyl (C=O) groups is 1. The molecule has 4 rings (SSSR count). The van der Waals surface area contributed by atoms with Gasteiger partial charge < -0.3 is 10.2 Å². The molecule has 21 heavy (non-hydrogen) atoms. The molecular weight excluding hydrogens is 288 g/mol. The van der Waals surface area contributed by atoms with Crippen LogP contribution in [-0.4, -0.2) is 47.2 Å². The SMILES string of the molecule is Cl.O=C(c1cc(C2CC2)[nH]n1)N1CC[C@@H]2CNC[C@@H]2CC1. The molecule has 0 bridgehead atoms. The number of amides is 1. The summed E-state index contributed by atoms with van der Waals surface area (Å²) in [7, 11) is 0. The number of halogens is 1. The topological polar surface area (TPSA) is 61.0 Å². The van der Waals surface area contributed by atoms with Gasteiger partial charge in [-0.25, -0.2) is 0 Å². The number of likely N-dealkylation sites (tertiary alicyclic amines) is 1. The maximum absolute atomic E-state index is 12.6. The fourth-order valence-electron chi connectivity index (χ4n) is 3.63. The first-order valence-electron chi connectivity index (χ1n) is 7.86. The van der Waals surface area contributed by atoms with Crippen LogP contribution in [0.3, 0.4) is 0 Å². The number of fused-ring (bicyclic) bond motifs is 1. The minimum absolute atomic E-state index is 0. The van der Waals surface area contributed by atoms with Crippen molar-refractivity contribution in [3.63, 3.8) is 0 Å². The Hall–Kier alpha value is -1.07. The Bertz CT molecular complexity index is 500. The van der Waals surface area contributed by atoms with Crippen LogP contribution >= 0.6 is 12.4 Å². The van der Waals surface area contributed by atoms with Gasteiger partial charge in [-0.15, -0.1) is 12.4 Å². The zero-order valence-electron chi connectivity index (χ0n) is 12.2. The second-order valence-electron chi connectivity index (χ2n) is 6.53. The van der Waals surface area contributed by atoms with E-state index in [2.05, 4.69) is 15.5 Å². The van der Waals surface area contributed by atoms with Crippen LogP contribution in [0, 0.1) is 11.8 Å². The van der Waals surface area contributed by atoms with E-state index in [0.29, 0.717) is 11.6 Å². The summed E-state index contributed by atoms with van der Waals surface area (Å²) in [6.07, 6.45) is 4.72. The highest BCUT2D eigenvalue weighted by molar-refractivity contribution is 5.92. The highest BCUT2D eigenvalue weighted by Crippen LogP contribution is 2.39. The second kappa shape index (κ2) is 5.97. The molecule has 0 spiro atoms. The molecule has 3 fully saturated rings. The van der Waals surface area contributed by atoms with Gasteiger partial charge in [-0.05, 0) is 56.7 Å². The average Bonchev–Trinajstić information content (AvgIpc) is 3.09. The predicted molar refractivity (Wildman–Crippen MR) is 82.8 cm³/mol. The Labute approximate surface area is 131 Å². The van der Waals surface area contributed by atoms with Crippen LogP contribution in [0.1, 0.15) is 47.8 Å². The molecule has 0 aromatic carbocycles. The van der Waals surface area contributed by atoms with Crippen LogP contribution in [0.2, 0.25) is 0 Å². The number of aromatic amines is 1. The van der Waals surface area contributed by atoms with Gasteiger partial charge in [0.05, 0.1) is 0 Å². The lowest BCUT2D eigenvalue weighted by molar-refractivity contribution is 0.0752. The first-order chi connectivity index (χ1) is 9.81. The summed E-state index contributed by atoms with van der Waals surface area (Å²) in [5, 5.41) is 10.7. The summed E-state index contributed by atoms with van der Waals surface area (Å²) in [6, 6.07) is 1.97. The van der Waals surface area contributed by atoms with Gasteiger partial charge >= 0.3 is 0 Å². The second-order valence-corrected chi connectivity index (χ2v) is 6.53. The third-order valence-electron chi connectivity index (χ3n) is 5.14. The van der Waals surface area contributed by atoms with E-state index in [9.17, 15) is 4.79 Å². The van der Waals surface area contributed by atoms with Gasteiger partial charge in [0.2, 0.25) is 0 Å². The Morgan fingerprint density at radius 1 is 1.14 bits per heavy atom. The molecule has 1 saturated carbocycles. The monoisotopic (exact) mass is 310 g/mol. The lowest BCUT2D eigenvalue weighted by Crippen LogP contribution is -2.33. The molecule has 2 atom stereocenters. The molecule has 116 valence electrons. The fraction of sp³-hybridized carbons (Fsp3) is 0.733. The van der Waals surface area contributed by atoms with Crippen molar-refractivity contribution in [1.82, 2.24) is 20.4 Å². The van der Waals surface area contributed by atoms with Crippen molar-refractivity contribution in [2.24, 2.45) is 11.8 Å². The van der Waals surface area contributed by atoms with E-state index in [4.69, 9.17) is 0 Å². The molecule has 5 nitrogen and oxygen atoms in total. The van der Waals surface area contributed by atoms with Crippen LogP contribution in [0.4, 0.5) is 0 Å². The van der Waals surface area contributed by atoms with Crippen molar-refractivity contribution in [2.75, 3.05) is 26.2 Å². The number of hydrogen-bond acceptors (Lipinski definition) is 3. The first-order valence-corrected chi connectivity index (χ1v) is 7.86. The largest absolute Gasteiger partial charge is 0.337 e. The summed E-state index contributed by atoms with van der Waals surface area (Å²) < 4.78 is 0. The maximum Gasteiger partial charge on any atom is 0.274 e. The number of rotatable bonds is 2. The summed E-state index contributed by atoms with van der Waals surface area (Å²) in [4.78, 5) is 14.6. The van der Waals surface area contributed by atoms with Gasteiger partial charge in [0.1, 0.15) is 5.69 Å². The van der Waals surface area contributed by atoms with Crippen molar-refractivity contribution in [1.29, 1.82) is 0 Å². The maximum atomic E-state index is 12.6. The molecule has 6 heteroatoms. The van der Waals surface area contributed by atoms with E-state index < -0.39 is 0 Å². The van der Waals surface area contributed by atoms with Crippen molar-refractivity contribution < 1.29 is 4.79 Å². The van der Waals surface area contributed by atoms with Crippen molar-refractivity contribution >= 4 is 18.3 Å². The van der Waals surface area contributed by atoms with E-state index in [1.54, 1.807) is 0 Å². The summed E-state index contributed by atoms with van der Waals surface area (Å²) in [6.45, 7) is 4.02. The molecule has 3 aliphatic rings. The molecule has 2 N–H and O–H groups in total. The molecule has 0 unspecified atom stereocenters. The van der Waals surface area contributed by atoms with Gasteiger partial charge in [0.25, 0.3) is 5.91 Å². The van der Waals surface area contributed by atoms with Crippen molar-refractivity contribution in [3.05, 3.63) is 17.5 Å². The first kappa shape index (κ1) is 14.9. The van der Waals surface area contributed by atoms with Crippen LogP contribution < -0.4 is 5.32 Å². The minimum Gasteiger partial charge on any atom is -0.337 e. The molecule has 1 aromatic heterocycles.